The molecule has 0 saturated carbocycles. The first-order valence-corrected chi connectivity index (χ1v) is 11.4. The zero-order chi connectivity index (χ0) is 24.9. The number of ether oxygens (including phenoxy) is 1. The third-order valence-corrected chi connectivity index (χ3v) is 5.67. The van der Waals surface area contributed by atoms with Crippen LogP contribution in [-0.4, -0.2) is 22.9 Å². The third kappa shape index (κ3) is 5.30. The molecule has 0 unspecified atom stereocenters. The lowest BCUT2D eigenvalue weighted by atomic mass is 10.0. The highest BCUT2D eigenvalue weighted by Gasteiger charge is 2.19. The monoisotopic (exact) mass is 472 g/mol. The van der Waals surface area contributed by atoms with Crippen LogP contribution < -0.4 is 15.5 Å². The molecule has 4 aromatic rings. The number of carbonyl (C=O) groups excluding carboxylic acids is 2. The van der Waals surface area contributed by atoms with Crippen LogP contribution in [0.4, 0.5) is 10.1 Å². The number of nitrogens with zero attached hydrogens (tertiary/aromatic N) is 1. The first-order valence-electron chi connectivity index (χ1n) is 11.4. The van der Waals surface area contributed by atoms with Crippen molar-refractivity contribution >= 4 is 28.3 Å². The van der Waals surface area contributed by atoms with Gasteiger partial charge in [0.05, 0.1) is 23.1 Å². The van der Waals surface area contributed by atoms with E-state index in [0.717, 1.165) is 24.1 Å². The van der Waals surface area contributed by atoms with Crippen molar-refractivity contribution in [3.05, 3.63) is 106 Å². The molecule has 0 bridgehead atoms. The summed E-state index contributed by atoms with van der Waals surface area (Å²) < 4.78 is 20.5. The summed E-state index contributed by atoms with van der Waals surface area (Å²) >= 11 is 0. The van der Waals surface area contributed by atoms with Crippen LogP contribution in [0.5, 0.6) is 5.75 Å². The molecule has 0 aliphatic rings. The molecule has 0 spiro atoms. The quantitative estimate of drug-likeness (QED) is 0.367. The Morgan fingerprint density at radius 3 is 2.34 bits per heavy atom. The largest absolute Gasteiger partial charge is 0.494 e. The van der Waals surface area contributed by atoms with Crippen molar-refractivity contribution in [1.29, 1.82) is 0 Å². The zero-order valence-corrected chi connectivity index (χ0v) is 19.5. The van der Waals surface area contributed by atoms with Crippen LogP contribution in [0.15, 0.2) is 77.7 Å². The molecule has 3 aromatic carbocycles. The second kappa shape index (κ2) is 10.3. The van der Waals surface area contributed by atoms with E-state index in [1.165, 1.54) is 18.3 Å². The van der Waals surface area contributed by atoms with Crippen molar-refractivity contribution in [2.75, 3.05) is 11.9 Å². The Morgan fingerprint density at radius 2 is 1.69 bits per heavy atom. The van der Waals surface area contributed by atoms with Crippen LogP contribution in [0.2, 0.25) is 0 Å². The van der Waals surface area contributed by atoms with E-state index in [2.05, 4.69) is 12.2 Å². The van der Waals surface area contributed by atoms with Crippen molar-refractivity contribution in [3.8, 4) is 5.75 Å². The molecular formula is C28H25FN2O4. The van der Waals surface area contributed by atoms with Crippen LogP contribution >= 0.6 is 0 Å². The number of anilines is 1. The first-order chi connectivity index (χ1) is 16.9. The van der Waals surface area contributed by atoms with Gasteiger partial charge in [-0.15, -0.1) is 0 Å². The molecule has 35 heavy (non-hydrogen) atoms. The van der Waals surface area contributed by atoms with E-state index >= 15 is 0 Å². The molecule has 6 nitrogen and oxygen atoms in total. The number of nitrogens with one attached hydrogen (secondary N) is 1. The number of hydrogen-bond acceptors (Lipinski definition) is 4. The zero-order valence-electron chi connectivity index (χ0n) is 19.5. The normalized spacial score (nSPS) is 10.8. The number of aromatic nitrogens is 1. The van der Waals surface area contributed by atoms with Crippen molar-refractivity contribution < 1.29 is 18.7 Å². The minimum atomic E-state index is -0.553. The minimum Gasteiger partial charge on any atom is -0.494 e. The van der Waals surface area contributed by atoms with Crippen LogP contribution in [0.3, 0.4) is 0 Å². The Morgan fingerprint density at radius 1 is 0.971 bits per heavy atom. The maximum atomic E-state index is 13.4. The van der Waals surface area contributed by atoms with Gasteiger partial charge in [-0.2, -0.15) is 0 Å². The van der Waals surface area contributed by atoms with Crippen LogP contribution in [0.1, 0.15) is 35.3 Å². The summed E-state index contributed by atoms with van der Waals surface area (Å²) in [6, 6.07) is 17.5. The summed E-state index contributed by atoms with van der Waals surface area (Å²) in [5.74, 6) is -0.866. The average Bonchev–Trinajstić information content (AvgIpc) is 2.86. The number of fused-ring (bicyclic) bond motifs is 1. The van der Waals surface area contributed by atoms with Gasteiger partial charge in [0.2, 0.25) is 11.3 Å². The summed E-state index contributed by atoms with van der Waals surface area (Å²) in [4.78, 5) is 39.3. The summed E-state index contributed by atoms with van der Waals surface area (Å²) in [5.41, 5.74) is 1.88. The topological polar surface area (TPSA) is 77.4 Å². The number of carbonyl (C=O) groups is 2. The third-order valence-electron chi connectivity index (χ3n) is 5.67. The second-order valence-corrected chi connectivity index (χ2v) is 8.05. The number of ketones is 1. The summed E-state index contributed by atoms with van der Waals surface area (Å²) in [6.07, 6.45) is 2.28. The molecule has 1 amide bonds. The average molecular weight is 473 g/mol. The molecule has 1 aromatic heterocycles. The Bertz CT molecular complexity index is 1440. The molecule has 1 heterocycles. The molecule has 0 fully saturated rings. The number of hydrogen-bond donors (Lipinski definition) is 1. The highest BCUT2D eigenvalue weighted by atomic mass is 19.1. The van der Waals surface area contributed by atoms with E-state index in [1.54, 1.807) is 22.8 Å². The van der Waals surface area contributed by atoms with Gasteiger partial charge in [0.1, 0.15) is 18.1 Å². The predicted molar refractivity (Wildman–Crippen MR) is 134 cm³/mol. The van der Waals surface area contributed by atoms with Gasteiger partial charge in [-0.1, -0.05) is 19.1 Å². The van der Waals surface area contributed by atoms with Crippen LogP contribution in [0.25, 0.3) is 10.9 Å². The standard InChI is InChI=1S/C28H25FN2O4/c1-3-18-5-11-21(12-6-18)30-26(32)17-31-16-24(27(33)19-7-9-20(29)10-8-19)28(34)23-15-22(35-4-2)13-14-25(23)31/h5-16H,3-4,17H2,1-2H3,(H,30,32). The lowest BCUT2D eigenvalue weighted by Crippen LogP contribution is -2.24. The van der Waals surface area contributed by atoms with Gasteiger partial charge in [0.25, 0.3) is 0 Å². The van der Waals surface area contributed by atoms with Gasteiger partial charge >= 0.3 is 0 Å². The molecule has 4 rings (SSSR count). The van der Waals surface area contributed by atoms with E-state index < -0.39 is 17.0 Å². The van der Waals surface area contributed by atoms with Gasteiger partial charge in [-0.3, -0.25) is 14.4 Å². The van der Waals surface area contributed by atoms with Crippen molar-refractivity contribution in [2.24, 2.45) is 0 Å². The highest BCUT2D eigenvalue weighted by molar-refractivity contribution is 6.10. The summed E-state index contributed by atoms with van der Waals surface area (Å²) in [7, 11) is 0. The smallest absolute Gasteiger partial charge is 0.244 e. The number of benzene rings is 3. The van der Waals surface area contributed by atoms with Gasteiger partial charge in [-0.05, 0) is 73.5 Å². The second-order valence-electron chi connectivity index (χ2n) is 8.05. The fourth-order valence-electron chi connectivity index (χ4n) is 3.86. The lowest BCUT2D eigenvalue weighted by Gasteiger charge is -2.15. The van der Waals surface area contributed by atoms with Crippen molar-refractivity contribution in [1.82, 2.24) is 4.57 Å². The van der Waals surface area contributed by atoms with Gasteiger partial charge < -0.3 is 14.6 Å². The molecular weight excluding hydrogens is 447 g/mol. The van der Waals surface area contributed by atoms with E-state index in [1.807, 2.05) is 31.2 Å². The fraction of sp³-hybridized carbons (Fsp3) is 0.179. The number of amides is 1. The lowest BCUT2D eigenvalue weighted by molar-refractivity contribution is -0.116. The van der Waals surface area contributed by atoms with E-state index in [4.69, 9.17) is 4.74 Å². The Labute approximate surface area is 202 Å². The van der Waals surface area contributed by atoms with E-state index in [0.29, 0.717) is 23.6 Å². The molecule has 0 atom stereocenters. The van der Waals surface area contributed by atoms with Gasteiger partial charge in [0, 0.05) is 17.4 Å². The summed E-state index contributed by atoms with van der Waals surface area (Å²) in [6.45, 7) is 4.17. The van der Waals surface area contributed by atoms with Crippen molar-refractivity contribution in [3.63, 3.8) is 0 Å². The number of rotatable bonds is 8. The summed E-state index contributed by atoms with van der Waals surface area (Å²) in [5, 5.41) is 3.10. The van der Waals surface area contributed by atoms with Crippen molar-refractivity contribution in [2.45, 2.75) is 26.8 Å². The highest BCUT2D eigenvalue weighted by Crippen LogP contribution is 2.21. The predicted octanol–water partition coefficient (Wildman–Crippen LogP) is 4.97. The molecule has 0 radical (unpaired) electrons. The Kier molecular flexibility index (Phi) is 7.06. The number of aryl methyl sites for hydroxylation is 1. The Balaban J connectivity index is 1.74. The van der Waals surface area contributed by atoms with Crippen LogP contribution in [-0.2, 0) is 17.8 Å². The van der Waals surface area contributed by atoms with Crippen LogP contribution in [0, 0.1) is 5.82 Å². The van der Waals surface area contributed by atoms with E-state index in [9.17, 15) is 18.8 Å². The minimum absolute atomic E-state index is 0.113. The molecule has 0 aliphatic carbocycles. The van der Waals surface area contributed by atoms with Gasteiger partial charge in [0.15, 0.2) is 5.78 Å². The molecule has 0 aliphatic heterocycles. The first kappa shape index (κ1) is 23.9. The fourth-order valence-corrected chi connectivity index (χ4v) is 3.86. The maximum absolute atomic E-state index is 13.4. The molecule has 178 valence electrons. The number of pyridine rings is 1. The molecule has 0 saturated heterocycles. The Hall–Kier alpha value is -4.26. The SMILES string of the molecule is CCOc1ccc2c(c1)c(=O)c(C(=O)c1ccc(F)cc1)cn2CC(=O)Nc1ccc(CC)cc1. The molecule has 7 heteroatoms. The van der Waals surface area contributed by atoms with Gasteiger partial charge in [-0.25, -0.2) is 4.39 Å². The van der Waals surface area contributed by atoms with E-state index in [-0.39, 0.29) is 29.0 Å². The maximum Gasteiger partial charge on any atom is 0.244 e. The number of halogens is 1. The molecule has 1 N–H and O–H groups in total.